The molecule has 2 atom stereocenters. The topological polar surface area (TPSA) is 62.6 Å². The Morgan fingerprint density at radius 2 is 2.24 bits per heavy atom. The van der Waals surface area contributed by atoms with Crippen LogP contribution in [0, 0.1) is 11.3 Å². The maximum absolute atomic E-state index is 11.3. The number of nitrogens with zero attached hydrogens (tertiary/aromatic N) is 1. The predicted octanol–water partition coefficient (Wildman–Crippen LogP) is 1.53. The summed E-state index contributed by atoms with van der Waals surface area (Å²) in [6.45, 7) is 0. The molecule has 0 bridgehead atoms. The lowest BCUT2D eigenvalue weighted by Gasteiger charge is -1.98. The molecule has 1 aromatic carbocycles. The fraction of sp³-hybridized carbons (Fsp3) is 0.231. The van der Waals surface area contributed by atoms with Gasteiger partial charge in [0.25, 0.3) is 5.60 Å². The number of nitriles is 1. The van der Waals surface area contributed by atoms with Gasteiger partial charge >= 0.3 is 5.97 Å². The average Bonchev–Trinajstić information content (AvgIpc) is 3.11. The number of epoxide rings is 1. The minimum absolute atomic E-state index is 0.528. The molecule has 0 aliphatic carbocycles. The van der Waals surface area contributed by atoms with Gasteiger partial charge in [0.1, 0.15) is 12.2 Å². The highest BCUT2D eigenvalue weighted by Crippen LogP contribution is 2.38. The summed E-state index contributed by atoms with van der Waals surface area (Å²) in [4.78, 5) is 11.3. The van der Waals surface area contributed by atoms with E-state index in [0.717, 1.165) is 5.56 Å². The average molecular weight is 229 g/mol. The third-order valence-electron chi connectivity index (χ3n) is 2.57. The van der Waals surface area contributed by atoms with Gasteiger partial charge < -0.3 is 9.47 Å². The Bertz CT molecular complexity index is 489. The lowest BCUT2D eigenvalue weighted by Crippen LogP contribution is -2.26. The van der Waals surface area contributed by atoms with Crippen LogP contribution in [0.1, 0.15) is 5.56 Å². The van der Waals surface area contributed by atoms with Gasteiger partial charge in [0.05, 0.1) is 7.11 Å². The molecule has 1 saturated heterocycles. The van der Waals surface area contributed by atoms with E-state index >= 15 is 0 Å². The van der Waals surface area contributed by atoms with Crippen LogP contribution in [-0.4, -0.2) is 24.8 Å². The second-order valence-electron chi connectivity index (χ2n) is 3.65. The van der Waals surface area contributed by atoms with E-state index in [-0.39, 0.29) is 0 Å². The molecule has 0 amide bonds. The molecule has 4 nitrogen and oxygen atoms in total. The van der Waals surface area contributed by atoms with Crippen LogP contribution in [0.15, 0.2) is 36.4 Å². The van der Waals surface area contributed by atoms with Crippen molar-refractivity contribution in [3.8, 4) is 6.07 Å². The highest BCUT2D eigenvalue weighted by atomic mass is 16.7. The molecule has 0 spiro atoms. The Kier molecular flexibility index (Phi) is 2.94. The smallest absolute Gasteiger partial charge is 0.356 e. The number of hydrogen-bond acceptors (Lipinski definition) is 4. The van der Waals surface area contributed by atoms with Crippen molar-refractivity contribution in [2.24, 2.45) is 0 Å². The Labute approximate surface area is 99.1 Å². The molecule has 2 unspecified atom stereocenters. The first kappa shape index (κ1) is 11.4. The number of carbonyl (C=O) groups is 1. The molecular formula is C13H11NO3. The highest BCUT2D eigenvalue weighted by molar-refractivity contribution is 5.88. The summed E-state index contributed by atoms with van der Waals surface area (Å²) in [5, 5.41) is 8.92. The van der Waals surface area contributed by atoms with Crippen molar-refractivity contribution in [3.05, 3.63) is 42.0 Å². The van der Waals surface area contributed by atoms with Crippen LogP contribution in [0.2, 0.25) is 0 Å². The molecule has 1 heterocycles. The third-order valence-corrected chi connectivity index (χ3v) is 2.57. The zero-order chi connectivity index (χ0) is 12.3. The van der Waals surface area contributed by atoms with Gasteiger partial charge in [0.15, 0.2) is 0 Å². The first-order valence-electron chi connectivity index (χ1n) is 5.13. The van der Waals surface area contributed by atoms with Crippen LogP contribution < -0.4 is 0 Å². The number of hydrogen-bond donors (Lipinski definition) is 0. The molecule has 1 aromatic rings. The van der Waals surface area contributed by atoms with Crippen molar-refractivity contribution >= 4 is 12.0 Å². The maximum Gasteiger partial charge on any atom is 0.356 e. The minimum atomic E-state index is -1.44. The Morgan fingerprint density at radius 1 is 1.53 bits per heavy atom. The van der Waals surface area contributed by atoms with Gasteiger partial charge in [-0.3, -0.25) is 0 Å². The van der Waals surface area contributed by atoms with Crippen LogP contribution >= 0.6 is 0 Å². The van der Waals surface area contributed by atoms with Gasteiger partial charge in [0.2, 0.25) is 0 Å². The van der Waals surface area contributed by atoms with E-state index in [1.54, 1.807) is 6.08 Å². The van der Waals surface area contributed by atoms with Crippen molar-refractivity contribution in [3.63, 3.8) is 0 Å². The molecular weight excluding hydrogens is 218 g/mol. The van der Waals surface area contributed by atoms with E-state index in [1.807, 2.05) is 42.5 Å². The molecule has 86 valence electrons. The highest BCUT2D eigenvalue weighted by Gasteiger charge is 2.64. The number of benzene rings is 1. The van der Waals surface area contributed by atoms with Gasteiger partial charge in [-0.15, -0.1) is 0 Å². The van der Waals surface area contributed by atoms with Crippen LogP contribution in [0.5, 0.6) is 0 Å². The first-order chi connectivity index (χ1) is 8.23. The summed E-state index contributed by atoms with van der Waals surface area (Å²) in [5.74, 6) is -0.650. The standard InChI is InChI=1S/C13H11NO3/c1-16-12(15)13(9-14)11(17-13)8-7-10-5-3-2-4-6-10/h2-8,11H,1H3. The van der Waals surface area contributed by atoms with Crippen LogP contribution in [-0.2, 0) is 14.3 Å². The van der Waals surface area contributed by atoms with Crippen molar-refractivity contribution in [1.29, 1.82) is 5.26 Å². The normalized spacial score (nSPS) is 26.5. The van der Waals surface area contributed by atoms with Gasteiger partial charge in [0, 0.05) is 0 Å². The molecule has 1 aliphatic heterocycles. The van der Waals surface area contributed by atoms with Crippen molar-refractivity contribution in [2.45, 2.75) is 11.7 Å². The molecule has 0 saturated carbocycles. The third kappa shape index (κ3) is 2.05. The fourth-order valence-corrected chi connectivity index (χ4v) is 1.56. The summed E-state index contributed by atoms with van der Waals surface area (Å²) in [7, 11) is 1.24. The van der Waals surface area contributed by atoms with E-state index in [4.69, 9.17) is 10.00 Å². The quantitative estimate of drug-likeness (QED) is 0.582. The monoisotopic (exact) mass is 229 g/mol. The summed E-state index contributed by atoms with van der Waals surface area (Å²) >= 11 is 0. The van der Waals surface area contributed by atoms with Crippen molar-refractivity contribution in [1.82, 2.24) is 0 Å². The molecule has 4 heteroatoms. The number of methoxy groups -OCH3 is 1. The Morgan fingerprint density at radius 3 is 2.82 bits per heavy atom. The largest absolute Gasteiger partial charge is 0.466 e. The lowest BCUT2D eigenvalue weighted by atomic mass is 10.1. The van der Waals surface area contributed by atoms with Crippen LogP contribution in [0.25, 0.3) is 6.08 Å². The fourth-order valence-electron chi connectivity index (χ4n) is 1.56. The van der Waals surface area contributed by atoms with E-state index in [1.165, 1.54) is 7.11 Å². The minimum Gasteiger partial charge on any atom is -0.466 e. The molecule has 0 N–H and O–H groups in total. The molecule has 1 aliphatic rings. The second-order valence-corrected chi connectivity index (χ2v) is 3.65. The summed E-state index contributed by atoms with van der Waals surface area (Å²) in [6.07, 6.45) is 2.97. The van der Waals surface area contributed by atoms with Crippen molar-refractivity contribution in [2.75, 3.05) is 7.11 Å². The zero-order valence-corrected chi connectivity index (χ0v) is 9.29. The molecule has 2 rings (SSSR count). The van der Waals surface area contributed by atoms with Gasteiger partial charge in [-0.2, -0.15) is 5.26 Å². The number of carbonyl (C=O) groups excluding carboxylic acids is 1. The molecule has 1 fully saturated rings. The number of esters is 1. The first-order valence-corrected chi connectivity index (χ1v) is 5.13. The van der Waals surface area contributed by atoms with Crippen LogP contribution in [0.4, 0.5) is 0 Å². The van der Waals surface area contributed by atoms with Gasteiger partial charge in [-0.05, 0) is 5.56 Å². The van der Waals surface area contributed by atoms with Crippen molar-refractivity contribution < 1.29 is 14.3 Å². The molecule has 0 radical (unpaired) electrons. The summed E-state index contributed by atoms with van der Waals surface area (Å²) in [5.41, 5.74) is -0.459. The lowest BCUT2D eigenvalue weighted by molar-refractivity contribution is -0.144. The number of rotatable bonds is 3. The van der Waals surface area contributed by atoms with E-state index in [2.05, 4.69) is 4.74 Å². The van der Waals surface area contributed by atoms with Crippen LogP contribution in [0.3, 0.4) is 0 Å². The summed E-state index contributed by atoms with van der Waals surface area (Å²) < 4.78 is 9.64. The zero-order valence-electron chi connectivity index (χ0n) is 9.29. The Hall–Kier alpha value is -2.12. The SMILES string of the molecule is COC(=O)C1(C#N)OC1C=Cc1ccccc1. The van der Waals surface area contributed by atoms with Gasteiger partial charge in [-0.1, -0.05) is 42.5 Å². The molecule has 17 heavy (non-hydrogen) atoms. The second kappa shape index (κ2) is 4.40. The van der Waals surface area contributed by atoms with E-state index in [0.29, 0.717) is 0 Å². The summed E-state index contributed by atoms with van der Waals surface area (Å²) in [6, 6.07) is 11.4. The number of ether oxygens (including phenoxy) is 2. The van der Waals surface area contributed by atoms with E-state index < -0.39 is 17.7 Å². The predicted molar refractivity (Wildman–Crippen MR) is 60.7 cm³/mol. The molecule has 0 aromatic heterocycles. The Balaban J connectivity index is 2.07. The van der Waals surface area contributed by atoms with E-state index in [9.17, 15) is 4.79 Å². The maximum atomic E-state index is 11.3. The van der Waals surface area contributed by atoms with Gasteiger partial charge in [-0.25, -0.2) is 4.79 Å².